The molecule has 0 saturated carbocycles. The van der Waals surface area contributed by atoms with Crippen molar-refractivity contribution in [2.45, 2.75) is 45.1 Å². The molecule has 128 valence electrons. The van der Waals surface area contributed by atoms with Gasteiger partial charge in [0.15, 0.2) is 0 Å². The van der Waals surface area contributed by atoms with Crippen LogP contribution in [0.5, 0.6) is 0 Å². The van der Waals surface area contributed by atoms with E-state index >= 15 is 0 Å². The molecular weight excluding hydrogens is 320 g/mol. The number of carboxylic acids is 1. The van der Waals surface area contributed by atoms with Gasteiger partial charge >= 0.3 is 5.97 Å². The van der Waals surface area contributed by atoms with Crippen molar-refractivity contribution in [3.8, 4) is 0 Å². The molecular formula is C19H24N2O2S. The second-order valence-corrected chi connectivity index (χ2v) is 7.73. The highest BCUT2D eigenvalue weighted by atomic mass is 32.1. The van der Waals surface area contributed by atoms with Gasteiger partial charge in [-0.1, -0.05) is 26.0 Å². The Balaban J connectivity index is 1.67. The lowest BCUT2D eigenvalue weighted by Gasteiger charge is -2.31. The second-order valence-electron chi connectivity index (χ2n) is 6.85. The van der Waals surface area contributed by atoms with Crippen molar-refractivity contribution in [3.05, 3.63) is 51.5 Å². The first-order chi connectivity index (χ1) is 11.5. The average Bonchev–Trinajstić information content (AvgIpc) is 3.06. The van der Waals surface area contributed by atoms with E-state index in [2.05, 4.69) is 24.1 Å². The number of hydrogen-bond acceptors (Lipinski definition) is 4. The van der Waals surface area contributed by atoms with Gasteiger partial charge in [0.1, 0.15) is 0 Å². The molecule has 4 nitrogen and oxygen atoms in total. The van der Waals surface area contributed by atoms with Crippen LogP contribution in [0, 0.1) is 0 Å². The maximum atomic E-state index is 11.1. The van der Waals surface area contributed by atoms with Gasteiger partial charge in [-0.3, -0.25) is 4.90 Å². The van der Waals surface area contributed by atoms with Crippen molar-refractivity contribution >= 4 is 17.3 Å². The molecule has 0 spiro atoms. The van der Waals surface area contributed by atoms with Crippen molar-refractivity contribution in [3.63, 3.8) is 0 Å². The number of carboxylic acid groups (broad SMARTS) is 1. The Labute approximate surface area is 147 Å². The summed E-state index contributed by atoms with van der Waals surface area (Å²) < 4.78 is 0. The first kappa shape index (κ1) is 17.1. The van der Waals surface area contributed by atoms with Crippen LogP contribution in [0.4, 0.5) is 0 Å². The molecule has 1 aromatic heterocycles. The first-order valence-electron chi connectivity index (χ1n) is 8.53. The van der Waals surface area contributed by atoms with Crippen LogP contribution in [0.1, 0.15) is 65.1 Å². The van der Waals surface area contributed by atoms with E-state index in [4.69, 9.17) is 10.1 Å². The minimum absolute atomic E-state index is 0.363. The number of likely N-dealkylation sites (tertiary alicyclic amines) is 1. The van der Waals surface area contributed by atoms with Crippen LogP contribution in [0.15, 0.2) is 29.6 Å². The zero-order valence-corrected chi connectivity index (χ0v) is 15.1. The fourth-order valence-corrected chi connectivity index (χ4v) is 4.32. The fraction of sp³-hybridized carbons (Fsp3) is 0.474. The second kappa shape index (κ2) is 7.45. The Hall–Kier alpha value is -1.72. The normalized spacial score (nSPS) is 18.9. The molecule has 5 heteroatoms. The van der Waals surface area contributed by atoms with Crippen LogP contribution < -0.4 is 0 Å². The van der Waals surface area contributed by atoms with Crippen LogP contribution in [0.2, 0.25) is 0 Å². The summed E-state index contributed by atoms with van der Waals surface area (Å²) in [5.74, 6) is 0.115. The molecule has 24 heavy (non-hydrogen) atoms. The minimum Gasteiger partial charge on any atom is -0.478 e. The minimum atomic E-state index is -0.864. The predicted octanol–water partition coefficient (Wildman–Crippen LogP) is 4.34. The van der Waals surface area contributed by atoms with E-state index in [1.54, 1.807) is 23.5 Å². The number of benzene rings is 1. The Bertz CT molecular complexity index is 711. The van der Waals surface area contributed by atoms with E-state index in [0.29, 0.717) is 17.4 Å². The van der Waals surface area contributed by atoms with Gasteiger partial charge in [-0.05, 0) is 43.0 Å². The quantitative estimate of drug-likeness (QED) is 0.876. The van der Waals surface area contributed by atoms with Gasteiger partial charge in [-0.25, -0.2) is 9.78 Å². The molecule has 1 aliphatic heterocycles. The van der Waals surface area contributed by atoms with Gasteiger partial charge in [-0.15, -0.1) is 11.3 Å². The topological polar surface area (TPSA) is 53.4 Å². The number of piperidine rings is 1. The zero-order valence-electron chi connectivity index (χ0n) is 14.2. The van der Waals surface area contributed by atoms with Crippen LogP contribution in [-0.4, -0.2) is 34.0 Å². The number of hydrogen-bond donors (Lipinski definition) is 1. The molecule has 0 bridgehead atoms. The number of nitrogens with zero attached hydrogens (tertiary/aromatic N) is 2. The molecule has 2 heterocycles. The Kier molecular flexibility index (Phi) is 5.31. The van der Waals surface area contributed by atoms with Crippen molar-refractivity contribution in [2.24, 2.45) is 0 Å². The third-order valence-electron chi connectivity index (χ3n) is 4.57. The Morgan fingerprint density at radius 1 is 1.46 bits per heavy atom. The molecule has 3 rings (SSSR count). The van der Waals surface area contributed by atoms with E-state index in [-0.39, 0.29) is 0 Å². The molecule has 1 fully saturated rings. The third-order valence-corrected chi connectivity index (χ3v) is 5.59. The van der Waals surface area contributed by atoms with E-state index in [1.807, 2.05) is 12.1 Å². The summed E-state index contributed by atoms with van der Waals surface area (Å²) in [7, 11) is 0. The molecule has 0 aliphatic carbocycles. The van der Waals surface area contributed by atoms with Gasteiger partial charge in [0, 0.05) is 24.4 Å². The fourth-order valence-electron chi connectivity index (χ4n) is 3.22. The molecule has 1 aromatic carbocycles. The highest BCUT2D eigenvalue weighted by molar-refractivity contribution is 7.09. The Morgan fingerprint density at radius 3 is 3.00 bits per heavy atom. The molecule has 2 aromatic rings. The van der Waals surface area contributed by atoms with Gasteiger partial charge in [0.05, 0.1) is 16.3 Å². The van der Waals surface area contributed by atoms with Gasteiger partial charge in [0.2, 0.25) is 0 Å². The molecule has 1 unspecified atom stereocenters. The van der Waals surface area contributed by atoms with E-state index < -0.39 is 5.97 Å². The Morgan fingerprint density at radius 2 is 2.29 bits per heavy atom. The van der Waals surface area contributed by atoms with Crippen LogP contribution in [0.25, 0.3) is 0 Å². The lowest BCUT2D eigenvalue weighted by atomic mass is 9.98. The summed E-state index contributed by atoms with van der Waals surface area (Å²) in [6, 6.07) is 7.27. The highest BCUT2D eigenvalue weighted by Gasteiger charge is 2.24. The maximum absolute atomic E-state index is 11.1. The summed E-state index contributed by atoms with van der Waals surface area (Å²) in [5, 5.41) is 12.6. The largest absolute Gasteiger partial charge is 0.478 e. The third kappa shape index (κ3) is 4.02. The molecule has 1 saturated heterocycles. The summed E-state index contributed by atoms with van der Waals surface area (Å²) in [4.78, 5) is 18.4. The lowest BCUT2D eigenvalue weighted by molar-refractivity contribution is 0.0696. The van der Waals surface area contributed by atoms with Crippen molar-refractivity contribution < 1.29 is 9.90 Å². The SMILES string of the molecule is CC(C)c1csc(C2CCCN(Cc3cccc(C(=O)O)c3)C2)n1. The maximum Gasteiger partial charge on any atom is 0.335 e. The monoisotopic (exact) mass is 344 g/mol. The van der Waals surface area contributed by atoms with Gasteiger partial charge < -0.3 is 5.11 Å². The summed E-state index contributed by atoms with van der Waals surface area (Å²) in [5.41, 5.74) is 2.63. The number of rotatable bonds is 5. The van der Waals surface area contributed by atoms with E-state index in [1.165, 1.54) is 23.5 Å². The smallest absolute Gasteiger partial charge is 0.335 e. The van der Waals surface area contributed by atoms with E-state index in [0.717, 1.165) is 25.2 Å². The van der Waals surface area contributed by atoms with Crippen molar-refractivity contribution in [1.29, 1.82) is 0 Å². The van der Waals surface area contributed by atoms with Crippen LogP contribution in [0.3, 0.4) is 0 Å². The van der Waals surface area contributed by atoms with Gasteiger partial charge in [0.25, 0.3) is 0 Å². The average molecular weight is 344 g/mol. The lowest BCUT2D eigenvalue weighted by Crippen LogP contribution is -2.33. The molecule has 1 atom stereocenters. The first-order valence-corrected chi connectivity index (χ1v) is 9.41. The van der Waals surface area contributed by atoms with Gasteiger partial charge in [-0.2, -0.15) is 0 Å². The molecule has 0 amide bonds. The number of carbonyl (C=O) groups is 1. The van der Waals surface area contributed by atoms with Crippen LogP contribution >= 0.6 is 11.3 Å². The number of aromatic carboxylic acids is 1. The molecule has 1 aliphatic rings. The zero-order chi connectivity index (χ0) is 17.1. The highest BCUT2D eigenvalue weighted by Crippen LogP contribution is 2.31. The number of thiazole rings is 1. The van der Waals surface area contributed by atoms with Crippen molar-refractivity contribution in [1.82, 2.24) is 9.88 Å². The summed E-state index contributed by atoms with van der Waals surface area (Å²) >= 11 is 1.78. The molecule has 0 radical (unpaired) electrons. The van der Waals surface area contributed by atoms with Crippen molar-refractivity contribution in [2.75, 3.05) is 13.1 Å². The van der Waals surface area contributed by atoms with Crippen LogP contribution in [-0.2, 0) is 6.54 Å². The summed E-state index contributed by atoms with van der Waals surface area (Å²) in [6.45, 7) is 7.24. The number of aromatic nitrogens is 1. The predicted molar refractivity (Wildman–Crippen MR) is 96.9 cm³/mol. The standard InChI is InChI=1S/C19H24N2O2S/c1-13(2)17-12-24-18(20-17)16-7-4-8-21(11-16)10-14-5-3-6-15(9-14)19(22)23/h3,5-6,9,12-13,16H,4,7-8,10-11H2,1-2H3,(H,22,23). The molecule has 1 N–H and O–H groups in total. The summed E-state index contributed by atoms with van der Waals surface area (Å²) in [6.07, 6.45) is 2.36. The van der Waals surface area contributed by atoms with E-state index in [9.17, 15) is 4.79 Å².